The monoisotopic (exact) mass is 216 g/mol. The van der Waals surface area contributed by atoms with Crippen LogP contribution in [0.15, 0.2) is 37.1 Å². The number of hydrogen-bond donors (Lipinski definition) is 1. The topological polar surface area (TPSA) is 53.4 Å². The van der Waals surface area contributed by atoms with Crippen molar-refractivity contribution in [2.24, 2.45) is 0 Å². The molecule has 1 N–H and O–H groups in total. The molecule has 1 aliphatic rings. The summed E-state index contributed by atoms with van der Waals surface area (Å²) in [5, 5.41) is 9.20. The molecule has 2 heterocycles. The second-order valence-corrected chi connectivity index (χ2v) is 3.52. The average Bonchev–Trinajstić information content (AvgIpc) is 2.28. The Labute approximate surface area is 93.5 Å². The van der Waals surface area contributed by atoms with Crippen LogP contribution in [-0.2, 0) is 0 Å². The van der Waals surface area contributed by atoms with Gasteiger partial charge in [0, 0.05) is 11.8 Å². The average molecular weight is 216 g/mol. The van der Waals surface area contributed by atoms with E-state index in [1.54, 1.807) is 18.3 Å². The van der Waals surface area contributed by atoms with Gasteiger partial charge >= 0.3 is 6.09 Å². The smallest absolute Gasteiger partial charge is 0.413 e. The standard InChI is InChI=1S/C12H12N2O2/c1-2-4-10-7-6-9-5-3-8-13-11(9)14(10)12(15)16/h2-3,5-8,10H,1,4H2,(H,15,16). The van der Waals surface area contributed by atoms with Crippen LogP contribution in [0.3, 0.4) is 0 Å². The van der Waals surface area contributed by atoms with Crippen molar-refractivity contribution >= 4 is 18.0 Å². The molecule has 4 heteroatoms. The lowest BCUT2D eigenvalue weighted by Gasteiger charge is -2.29. The van der Waals surface area contributed by atoms with E-state index in [-0.39, 0.29) is 6.04 Å². The zero-order valence-electron chi connectivity index (χ0n) is 8.71. The summed E-state index contributed by atoms with van der Waals surface area (Å²) in [6, 6.07) is 3.42. The SMILES string of the molecule is C=CCC1C=Cc2cccnc2N1C(=O)O. The van der Waals surface area contributed by atoms with Crippen LogP contribution in [0, 0.1) is 0 Å². The third-order valence-electron chi connectivity index (χ3n) is 2.49. The van der Waals surface area contributed by atoms with E-state index >= 15 is 0 Å². The summed E-state index contributed by atoms with van der Waals surface area (Å²) in [5.74, 6) is 0.490. The maximum Gasteiger partial charge on any atom is 0.413 e. The fourth-order valence-electron chi connectivity index (χ4n) is 1.79. The summed E-state index contributed by atoms with van der Waals surface area (Å²) in [7, 11) is 0. The lowest BCUT2D eigenvalue weighted by atomic mass is 10.0. The Kier molecular flexibility index (Phi) is 2.72. The molecule has 16 heavy (non-hydrogen) atoms. The van der Waals surface area contributed by atoms with Crippen LogP contribution in [0.2, 0.25) is 0 Å². The molecule has 0 radical (unpaired) electrons. The minimum Gasteiger partial charge on any atom is -0.465 e. The van der Waals surface area contributed by atoms with Crippen molar-refractivity contribution in [3.05, 3.63) is 42.6 Å². The van der Waals surface area contributed by atoms with Gasteiger partial charge in [-0.15, -0.1) is 6.58 Å². The zero-order valence-corrected chi connectivity index (χ0v) is 8.71. The molecular weight excluding hydrogens is 204 g/mol. The first-order chi connectivity index (χ1) is 7.74. The highest BCUT2D eigenvalue weighted by Gasteiger charge is 2.27. The van der Waals surface area contributed by atoms with E-state index in [0.29, 0.717) is 12.2 Å². The minimum atomic E-state index is -0.990. The van der Waals surface area contributed by atoms with E-state index in [0.717, 1.165) is 5.56 Å². The number of hydrogen-bond acceptors (Lipinski definition) is 2. The van der Waals surface area contributed by atoms with E-state index < -0.39 is 6.09 Å². The Bertz CT molecular complexity index is 454. The summed E-state index contributed by atoms with van der Waals surface area (Å²) in [6.07, 6.45) is 6.66. The predicted octanol–water partition coefficient (Wildman–Crippen LogP) is 2.54. The fraction of sp³-hybridized carbons (Fsp3) is 0.167. The summed E-state index contributed by atoms with van der Waals surface area (Å²) in [4.78, 5) is 16.6. The lowest BCUT2D eigenvalue weighted by molar-refractivity contribution is 0.200. The van der Waals surface area contributed by atoms with Crippen LogP contribution in [0.25, 0.3) is 6.08 Å². The highest BCUT2D eigenvalue weighted by Crippen LogP contribution is 2.27. The van der Waals surface area contributed by atoms with Crippen LogP contribution in [0.5, 0.6) is 0 Å². The maximum absolute atomic E-state index is 11.2. The molecule has 0 spiro atoms. The predicted molar refractivity (Wildman–Crippen MR) is 62.4 cm³/mol. The molecule has 1 atom stereocenters. The number of nitrogens with zero attached hydrogens (tertiary/aromatic N) is 2. The third kappa shape index (κ3) is 1.69. The van der Waals surface area contributed by atoms with Crippen LogP contribution in [0.4, 0.5) is 10.6 Å². The fourth-order valence-corrected chi connectivity index (χ4v) is 1.79. The van der Waals surface area contributed by atoms with E-state index in [9.17, 15) is 9.90 Å². The van der Waals surface area contributed by atoms with Crippen LogP contribution in [-0.4, -0.2) is 22.2 Å². The van der Waals surface area contributed by atoms with Crippen molar-refractivity contribution in [3.63, 3.8) is 0 Å². The molecule has 0 saturated heterocycles. The highest BCUT2D eigenvalue weighted by atomic mass is 16.4. The summed E-state index contributed by atoms with van der Waals surface area (Å²) in [6.45, 7) is 3.63. The highest BCUT2D eigenvalue weighted by molar-refractivity contribution is 5.90. The van der Waals surface area contributed by atoms with Crippen molar-refractivity contribution in [2.75, 3.05) is 4.90 Å². The molecule has 2 rings (SSSR count). The van der Waals surface area contributed by atoms with E-state index in [1.807, 2.05) is 18.2 Å². The van der Waals surface area contributed by atoms with Gasteiger partial charge < -0.3 is 5.11 Å². The first-order valence-corrected chi connectivity index (χ1v) is 5.00. The number of amides is 1. The lowest BCUT2D eigenvalue weighted by Crippen LogP contribution is -2.40. The number of anilines is 1. The Morgan fingerprint density at radius 2 is 2.50 bits per heavy atom. The van der Waals surface area contributed by atoms with Gasteiger partial charge in [-0.1, -0.05) is 18.2 Å². The molecule has 0 saturated carbocycles. The molecule has 0 bridgehead atoms. The van der Waals surface area contributed by atoms with E-state index in [4.69, 9.17) is 0 Å². The Balaban J connectivity index is 2.45. The number of rotatable bonds is 2. The molecule has 0 aromatic carbocycles. The van der Waals surface area contributed by atoms with Gasteiger partial charge in [0.25, 0.3) is 0 Å². The largest absolute Gasteiger partial charge is 0.465 e. The van der Waals surface area contributed by atoms with Crippen LogP contribution >= 0.6 is 0 Å². The number of carbonyl (C=O) groups is 1. The third-order valence-corrected chi connectivity index (χ3v) is 2.49. The number of aromatic nitrogens is 1. The molecule has 0 aliphatic carbocycles. The summed E-state index contributed by atoms with van der Waals surface area (Å²) in [5.41, 5.74) is 0.824. The van der Waals surface area contributed by atoms with Gasteiger partial charge in [0.2, 0.25) is 0 Å². The zero-order chi connectivity index (χ0) is 11.5. The quantitative estimate of drug-likeness (QED) is 0.773. The second-order valence-electron chi connectivity index (χ2n) is 3.52. The van der Waals surface area contributed by atoms with Gasteiger partial charge in [-0.3, -0.25) is 4.90 Å². The molecular formula is C12H12N2O2. The minimum absolute atomic E-state index is 0.211. The molecule has 1 aromatic heterocycles. The molecule has 1 aromatic rings. The van der Waals surface area contributed by atoms with Crippen molar-refractivity contribution in [1.29, 1.82) is 0 Å². The van der Waals surface area contributed by atoms with Gasteiger partial charge in [0.1, 0.15) is 5.82 Å². The Hall–Kier alpha value is -2.10. The van der Waals surface area contributed by atoms with Gasteiger partial charge in [-0.25, -0.2) is 9.78 Å². The van der Waals surface area contributed by atoms with Gasteiger partial charge in [-0.2, -0.15) is 0 Å². The van der Waals surface area contributed by atoms with E-state index in [1.165, 1.54) is 4.90 Å². The van der Waals surface area contributed by atoms with Crippen molar-refractivity contribution in [3.8, 4) is 0 Å². The number of fused-ring (bicyclic) bond motifs is 1. The number of pyridine rings is 1. The summed E-state index contributed by atoms with van der Waals surface area (Å²) >= 11 is 0. The van der Waals surface area contributed by atoms with Crippen molar-refractivity contribution < 1.29 is 9.90 Å². The molecule has 4 nitrogen and oxygen atoms in total. The normalized spacial score (nSPS) is 18.0. The van der Waals surface area contributed by atoms with E-state index in [2.05, 4.69) is 11.6 Å². The summed E-state index contributed by atoms with van der Waals surface area (Å²) < 4.78 is 0. The second kappa shape index (κ2) is 4.18. The van der Waals surface area contributed by atoms with Gasteiger partial charge in [-0.05, 0) is 18.6 Å². The Morgan fingerprint density at radius 1 is 1.69 bits per heavy atom. The van der Waals surface area contributed by atoms with Crippen molar-refractivity contribution in [2.45, 2.75) is 12.5 Å². The number of carboxylic acid groups (broad SMARTS) is 1. The maximum atomic E-state index is 11.2. The van der Waals surface area contributed by atoms with Crippen molar-refractivity contribution in [1.82, 2.24) is 4.98 Å². The van der Waals surface area contributed by atoms with Gasteiger partial charge in [0.15, 0.2) is 0 Å². The molecule has 0 fully saturated rings. The van der Waals surface area contributed by atoms with Gasteiger partial charge in [0.05, 0.1) is 6.04 Å². The first kappa shape index (κ1) is 10.4. The molecule has 1 unspecified atom stereocenters. The molecule has 82 valence electrons. The molecule has 1 aliphatic heterocycles. The van der Waals surface area contributed by atoms with Crippen LogP contribution < -0.4 is 4.90 Å². The first-order valence-electron chi connectivity index (χ1n) is 5.00. The van der Waals surface area contributed by atoms with Crippen LogP contribution in [0.1, 0.15) is 12.0 Å². The molecule has 1 amide bonds. The Morgan fingerprint density at radius 3 is 3.19 bits per heavy atom.